The van der Waals surface area contributed by atoms with Crippen molar-refractivity contribution in [2.45, 2.75) is 537 Å². The Morgan fingerprint density at radius 1 is 0.250 bits per heavy atom. The fraction of sp³-hybridized carbons (Fsp3) is 0.939. The van der Waals surface area contributed by atoms with Crippen molar-refractivity contribution in [1.29, 1.82) is 0 Å². The highest BCUT2D eigenvalue weighted by atomic mass is 16.6. The van der Waals surface area contributed by atoms with Crippen LogP contribution >= 0.6 is 0 Å². The molecule has 0 spiro atoms. The highest BCUT2D eigenvalue weighted by Crippen LogP contribution is 2.29. The fourth-order valence-corrected chi connectivity index (χ4v) is 15.7. The van der Waals surface area contributed by atoms with Crippen LogP contribution in [0, 0.1) is 5.41 Å². The second-order valence-electron chi connectivity index (χ2n) is 35.0. The van der Waals surface area contributed by atoms with Crippen molar-refractivity contribution in [3.63, 3.8) is 0 Å². The average molecular weight is 1580 g/mol. The van der Waals surface area contributed by atoms with Crippen LogP contribution in [0.1, 0.15) is 512 Å². The molecule has 0 fully saturated rings. The average Bonchev–Trinajstić information content (AvgIpc) is 0.872. The summed E-state index contributed by atoms with van der Waals surface area (Å²) in [5, 5.41) is 6.27. The van der Waals surface area contributed by atoms with E-state index in [0.29, 0.717) is 45.4 Å². The molecule has 0 saturated heterocycles. The standard InChI is InChI=1S/C98H190N4O10/c1-11-19-25-31-37-39-47-54-68-88(17-7)109-94(105)76-62-53-66-84-101(82-64-51-41-49-60-74-95(106)110-90(70-56-43-33-27-21-13-3)71-57-44-34-28-22-14-4)86-80-99-92(103)77-78-93(104)100-81-87-102(85-67-63-79-98(9,10)97(108)112-89(18-8)69-55-48-40-38-32-26-20-12-2)83-65-52-42-50-61-75-96(107)111-91(72-58-45-35-29-23-15-5)73-59-46-36-30-24-16-6/h88-91H,11-87H2,1-10H3,(H,99,103)(H,100,104)/t88-,89?/m0/s1. The van der Waals surface area contributed by atoms with Crippen LogP contribution in [0.3, 0.4) is 0 Å². The third-order valence-corrected chi connectivity index (χ3v) is 23.6. The van der Waals surface area contributed by atoms with Crippen LogP contribution in [0.4, 0.5) is 0 Å². The largest absolute Gasteiger partial charge is 0.462 e. The number of rotatable bonds is 89. The topological polar surface area (TPSA) is 170 Å². The van der Waals surface area contributed by atoms with Gasteiger partial charge in [0, 0.05) is 58.3 Å². The van der Waals surface area contributed by atoms with Crippen molar-refractivity contribution in [2.24, 2.45) is 5.41 Å². The summed E-state index contributed by atoms with van der Waals surface area (Å²) in [6, 6.07) is 0. The lowest BCUT2D eigenvalue weighted by atomic mass is 9.87. The predicted molar refractivity (Wildman–Crippen MR) is 476 cm³/mol. The van der Waals surface area contributed by atoms with Gasteiger partial charge in [0.25, 0.3) is 0 Å². The van der Waals surface area contributed by atoms with E-state index in [1.165, 1.54) is 218 Å². The molecular weight excluding hydrogens is 1390 g/mol. The van der Waals surface area contributed by atoms with E-state index >= 15 is 0 Å². The van der Waals surface area contributed by atoms with E-state index in [-0.39, 0.29) is 72.9 Å². The summed E-state index contributed by atoms with van der Waals surface area (Å²) in [7, 11) is 0. The number of hydrogen-bond acceptors (Lipinski definition) is 12. The summed E-state index contributed by atoms with van der Waals surface area (Å²) in [6.45, 7) is 27.9. The maximum Gasteiger partial charge on any atom is 0.311 e. The molecule has 0 rings (SSSR count). The number of ether oxygens (including phenoxy) is 4. The molecule has 2 amide bonds. The zero-order valence-electron chi connectivity index (χ0n) is 76.2. The molecule has 112 heavy (non-hydrogen) atoms. The molecule has 0 aromatic carbocycles. The van der Waals surface area contributed by atoms with Gasteiger partial charge in [-0.2, -0.15) is 0 Å². The van der Waals surface area contributed by atoms with E-state index in [1.54, 1.807) is 0 Å². The minimum atomic E-state index is -0.568. The van der Waals surface area contributed by atoms with Crippen LogP contribution in [0.15, 0.2) is 0 Å². The molecule has 0 aliphatic heterocycles. The van der Waals surface area contributed by atoms with Gasteiger partial charge < -0.3 is 39.4 Å². The molecule has 0 aliphatic rings. The van der Waals surface area contributed by atoms with Gasteiger partial charge in [-0.05, 0) is 181 Å². The molecule has 0 bridgehead atoms. The molecule has 0 aliphatic carbocycles. The lowest BCUT2D eigenvalue weighted by Gasteiger charge is -2.27. The van der Waals surface area contributed by atoms with Gasteiger partial charge in [-0.15, -0.1) is 0 Å². The van der Waals surface area contributed by atoms with Gasteiger partial charge in [-0.3, -0.25) is 28.8 Å². The maximum atomic E-state index is 13.6. The van der Waals surface area contributed by atoms with Crippen LogP contribution in [0.5, 0.6) is 0 Å². The Labute approximate surface area is 694 Å². The Kier molecular flexibility index (Phi) is 80.4. The first-order valence-electron chi connectivity index (χ1n) is 49.4. The zero-order valence-corrected chi connectivity index (χ0v) is 76.2. The molecule has 0 aromatic heterocycles. The number of carbonyl (C=O) groups is 6. The second kappa shape index (κ2) is 82.8. The van der Waals surface area contributed by atoms with Gasteiger partial charge >= 0.3 is 23.9 Å². The third kappa shape index (κ3) is 73.1. The van der Waals surface area contributed by atoms with E-state index in [4.69, 9.17) is 18.9 Å². The molecule has 2 N–H and O–H groups in total. The number of nitrogens with one attached hydrogen (secondary N) is 2. The summed E-state index contributed by atoms with van der Waals surface area (Å²) < 4.78 is 24.5. The lowest BCUT2D eigenvalue weighted by Crippen LogP contribution is -2.38. The van der Waals surface area contributed by atoms with Gasteiger partial charge in [0.15, 0.2) is 0 Å². The Morgan fingerprint density at radius 2 is 0.473 bits per heavy atom. The van der Waals surface area contributed by atoms with Gasteiger partial charge in [0.1, 0.15) is 24.4 Å². The van der Waals surface area contributed by atoms with Crippen molar-refractivity contribution in [2.75, 3.05) is 52.4 Å². The number of hydrogen-bond donors (Lipinski definition) is 2. The first kappa shape index (κ1) is 109. The molecule has 0 radical (unpaired) electrons. The summed E-state index contributed by atoms with van der Waals surface area (Å²) in [6.07, 6.45) is 74.9. The minimum absolute atomic E-state index is 0.00934. The molecular formula is C98H190N4O10. The highest BCUT2D eigenvalue weighted by molar-refractivity contribution is 5.83. The number of nitrogens with zero attached hydrogens (tertiary/aromatic N) is 2. The summed E-state index contributed by atoms with van der Waals surface area (Å²) in [5.41, 5.74) is -0.568. The first-order valence-corrected chi connectivity index (χ1v) is 49.4. The SMILES string of the molecule is CCCCCCCCCCC(CC)OC(=O)C(C)(C)CCCCN(CCCCCCCC(=O)OC(CCCCCCCC)CCCCCCCC)CCNC(=O)CCC(=O)NCCN(CCCCCCCC(=O)OC(CCCCCCCC)CCCCCCCC)CCCCCC(=O)O[C@@H](CC)CCCCCCCCCC. The van der Waals surface area contributed by atoms with Crippen LogP contribution in [-0.2, 0) is 47.7 Å². The van der Waals surface area contributed by atoms with Gasteiger partial charge in [-0.25, -0.2) is 0 Å². The van der Waals surface area contributed by atoms with Gasteiger partial charge in [0.2, 0.25) is 11.8 Å². The number of amides is 2. The summed E-state index contributed by atoms with van der Waals surface area (Å²) in [5.74, 6) is -0.455. The predicted octanol–water partition coefficient (Wildman–Crippen LogP) is 27.6. The molecule has 14 heteroatoms. The normalized spacial score (nSPS) is 12.4. The molecule has 662 valence electrons. The Balaban J connectivity index is 5.68. The number of unbranched alkanes of at least 4 members (excludes halogenated alkanes) is 45. The van der Waals surface area contributed by atoms with E-state index < -0.39 is 5.41 Å². The quantitative estimate of drug-likeness (QED) is 0.0336. The summed E-state index contributed by atoms with van der Waals surface area (Å²) >= 11 is 0. The van der Waals surface area contributed by atoms with E-state index in [0.717, 1.165) is 219 Å². The molecule has 1 unspecified atom stereocenters. The van der Waals surface area contributed by atoms with Gasteiger partial charge in [-0.1, -0.05) is 325 Å². The van der Waals surface area contributed by atoms with Crippen LogP contribution in [0.25, 0.3) is 0 Å². The van der Waals surface area contributed by atoms with Crippen molar-refractivity contribution in [1.82, 2.24) is 20.4 Å². The number of carbonyl (C=O) groups excluding carboxylic acids is 6. The smallest absolute Gasteiger partial charge is 0.311 e. The first-order chi connectivity index (χ1) is 54.6. The zero-order chi connectivity index (χ0) is 82.1. The lowest BCUT2D eigenvalue weighted by molar-refractivity contribution is -0.160. The number of esters is 4. The van der Waals surface area contributed by atoms with Crippen molar-refractivity contribution in [3.8, 4) is 0 Å². The monoisotopic (exact) mass is 1580 g/mol. The van der Waals surface area contributed by atoms with Gasteiger partial charge in [0.05, 0.1) is 5.41 Å². The molecule has 14 nitrogen and oxygen atoms in total. The van der Waals surface area contributed by atoms with E-state index in [9.17, 15) is 28.8 Å². The van der Waals surface area contributed by atoms with Crippen molar-refractivity contribution < 1.29 is 47.7 Å². The van der Waals surface area contributed by atoms with E-state index in [1.807, 2.05) is 13.8 Å². The third-order valence-electron chi connectivity index (χ3n) is 23.6. The fourth-order valence-electron chi connectivity index (χ4n) is 15.7. The molecule has 0 heterocycles. The minimum Gasteiger partial charge on any atom is -0.462 e. The Hall–Kier alpha value is -3.26. The molecule has 0 saturated carbocycles. The Bertz CT molecular complexity index is 2060. The van der Waals surface area contributed by atoms with Crippen LogP contribution in [-0.4, -0.2) is 122 Å². The maximum absolute atomic E-state index is 13.6. The van der Waals surface area contributed by atoms with E-state index in [2.05, 4.69) is 75.8 Å². The van der Waals surface area contributed by atoms with Crippen LogP contribution in [0.2, 0.25) is 0 Å². The Morgan fingerprint density at radius 3 is 0.759 bits per heavy atom. The summed E-state index contributed by atoms with van der Waals surface area (Å²) in [4.78, 5) is 84.6. The molecule has 2 atom stereocenters. The van der Waals surface area contributed by atoms with Crippen molar-refractivity contribution >= 4 is 35.7 Å². The highest BCUT2D eigenvalue weighted by Gasteiger charge is 2.31. The molecule has 0 aromatic rings. The second-order valence-corrected chi connectivity index (χ2v) is 35.0. The van der Waals surface area contributed by atoms with Crippen LogP contribution < -0.4 is 10.6 Å². The van der Waals surface area contributed by atoms with Crippen molar-refractivity contribution in [3.05, 3.63) is 0 Å².